The molecule has 0 unspecified atom stereocenters. The maximum Gasteiger partial charge on any atom is 0.243 e. The van der Waals surface area contributed by atoms with E-state index in [2.05, 4.69) is 30.7 Å². The summed E-state index contributed by atoms with van der Waals surface area (Å²) in [5.74, 6) is -1.09. The van der Waals surface area contributed by atoms with E-state index in [1.165, 1.54) is 61.8 Å². The molecule has 0 fully saturated rings. The molecular weight excluding hydrogens is 817 g/mol. The van der Waals surface area contributed by atoms with Crippen LogP contribution in [0.5, 0.6) is 23.3 Å². The van der Waals surface area contributed by atoms with Crippen molar-refractivity contribution in [3.05, 3.63) is 108 Å². The number of phenolic OH excluding ortho intramolecular Hbond substituents is 2. The van der Waals surface area contributed by atoms with Crippen molar-refractivity contribution >= 4 is 42.8 Å². The van der Waals surface area contributed by atoms with Crippen molar-refractivity contribution < 1.29 is 54.6 Å². The van der Waals surface area contributed by atoms with Gasteiger partial charge in [-0.1, -0.05) is 36.4 Å². The molecule has 21 heteroatoms. The molecule has 6 rings (SSSR count). The smallest absolute Gasteiger partial charge is 0.243 e. The van der Waals surface area contributed by atoms with Crippen LogP contribution in [-0.4, -0.2) is 93.6 Å². The number of rotatable bonds is 10. The number of phenols is 2. The van der Waals surface area contributed by atoms with Crippen LogP contribution in [0, 0.1) is 13.8 Å². The Morgan fingerprint density at radius 1 is 0.526 bits per heavy atom. The van der Waals surface area contributed by atoms with Crippen LogP contribution in [0.25, 0.3) is 11.4 Å². The average molecular weight is 855 g/mol. The van der Waals surface area contributed by atoms with E-state index in [4.69, 9.17) is 0 Å². The van der Waals surface area contributed by atoms with Gasteiger partial charge >= 0.3 is 0 Å². The SMILES string of the molecule is Cc1nn(-c2ccccc2)c(O)c1N=Nc1ccc(S(=O)(=O)N(C)C)cc1O.Cc1nn(-c2ccccc2)c(O)c1N=Nc1ccc(S(=O)(=O)N(C)C)cc1O.[Cr]. The number of hydrogen-bond acceptors (Lipinski definition) is 14. The summed E-state index contributed by atoms with van der Waals surface area (Å²) < 4.78 is 53.2. The van der Waals surface area contributed by atoms with Gasteiger partial charge in [-0.25, -0.2) is 25.4 Å². The number of para-hydroxylation sites is 2. The van der Waals surface area contributed by atoms with Crippen LogP contribution in [0.4, 0.5) is 22.7 Å². The quantitative estimate of drug-likeness (QED) is 0.109. The molecule has 4 aromatic carbocycles. The zero-order valence-corrected chi connectivity index (χ0v) is 34.3. The van der Waals surface area contributed by atoms with Gasteiger partial charge in [0.15, 0.2) is 11.4 Å². The molecule has 18 nitrogen and oxygen atoms in total. The molecule has 2 aromatic heterocycles. The summed E-state index contributed by atoms with van der Waals surface area (Å²) in [4.78, 5) is -0.130. The van der Waals surface area contributed by atoms with Crippen LogP contribution in [0.3, 0.4) is 0 Å². The van der Waals surface area contributed by atoms with Gasteiger partial charge in [0.2, 0.25) is 31.8 Å². The fourth-order valence-corrected chi connectivity index (χ4v) is 6.72. The van der Waals surface area contributed by atoms with Crippen LogP contribution in [0.1, 0.15) is 11.4 Å². The molecule has 0 bridgehead atoms. The molecule has 0 amide bonds. The molecule has 0 spiro atoms. The standard InChI is InChI=1S/2C18H19N5O4S.Cr/c2*1-12-17(18(25)23(21-12)13-7-5-4-6-8-13)20-19-15-10-9-14(11-16(15)24)28(26,27)22(2)3;/h2*4-11,24-25H,1-3H3;. The van der Waals surface area contributed by atoms with E-state index >= 15 is 0 Å². The average Bonchev–Trinajstić information content (AvgIpc) is 3.62. The fourth-order valence-electron chi connectivity index (χ4n) is 4.87. The minimum atomic E-state index is -3.68. The first-order valence-corrected chi connectivity index (χ1v) is 19.3. The second-order valence-electron chi connectivity index (χ2n) is 12.3. The molecule has 0 aliphatic carbocycles. The van der Waals surface area contributed by atoms with Crippen LogP contribution in [-0.2, 0) is 37.4 Å². The normalized spacial score (nSPS) is 11.9. The van der Waals surface area contributed by atoms with Crippen molar-refractivity contribution in [1.29, 1.82) is 0 Å². The summed E-state index contributed by atoms with van der Waals surface area (Å²) in [5.41, 5.74) is 2.61. The van der Waals surface area contributed by atoms with Crippen molar-refractivity contribution in [2.24, 2.45) is 20.5 Å². The Morgan fingerprint density at radius 3 is 1.16 bits per heavy atom. The van der Waals surface area contributed by atoms with E-state index in [9.17, 15) is 37.3 Å². The van der Waals surface area contributed by atoms with Gasteiger partial charge in [0.05, 0.1) is 32.6 Å². The fraction of sp³-hybridized carbons (Fsp3) is 0.167. The topological polar surface area (TPSA) is 241 Å². The van der Waals surface area contributed by atoms with Crippen molar-refractivity contribution in [3.63, 3.8) is 0 Å². The van der Waals surface area contributed by atoms with Gasteiger partial charge in [0, 0.05) is 57.7 Å². The van der Waals surface area contributed by atoms with Crippen LogP contribution in [0.15, 0.2) is 127 Å². The molecule has 4 N–H and O–H groups in total. The van der Waals surface area contributed by atoms with E-state index in [1.807, 2.05) is 36.4 Å². The van der Waals surface area contributed by atoms with E-state index in [0.29, 0.717) is 22.8 Å². The van der Waals surface area contributed by atoms with E-state index in [1.54, 1.807) is 38.1 Å². The van der Waals surface area contributed by atoms with E-state index < -0.39 is 20.0 Å². The third-order valence-corrected chi connectivity index (χ3v) is 11.6. The van der Waals surface area contributed by atoms with Crippen LogP contribution in [0.2, 0.25) is 0 Å². The summed E-state index contributed by atoms with van der Waals surface area (Å²) in [6, 6.07) is 25.6. The molecule has 0 radical (unpaired) electrons. The first-order chi connectivity index (χ1) is 26.4. The third kappa shape index (κ3) is 9.54. The number of aryl methyl sites for hydroxylation is 2. The molecule has 0 saturated heterocycles. The number of sulfonamides is 2. The molecule has 57 heavy (non-hydrogen) atoms. The number of benzene rings is 4. The Bertz CT molecular complexity index is 2470. The van der Waals surface area contributed by atoms with Gasteiger partial charge < -0.3 is 20.4 Å². The maximum absolute atomic E-state index is 12.1. The van der Waals surface area contributed by atoms with Gasteiger partial charge in [0.25, 0.3) is 0 Å². The van der Waals surface area contributed by atoms with Gasteiger partial charge in [-0.05, 0) is 62.4 Å². The number of aromatic nitrogens is 4. The first-order valence-electron chi connectivity index (χ1n) is 16.5. The molecule has 0 aliphatic rings. The van der Waals surface area contributed by atoms with Gasteiger partial charge in [0.1, 0.15) is 22.9 Å². The molecule has 298 valence electrons. The van der Waals surface area contributed by atoms with Crippen LogP contribution < -0.4 is 0 Å². The number of nitrogens with zero attached hydrogens (tertiary/aromatic N) is 10. The molecular formula is C36H38CrN10O8S2. The van der Waals surface area contributed by atoms with Crippen molar-refractivity contribution in [2.45, 2.75) is 23.6 Å². The summed E-state index contributed by atoms with van der Waals surface area (Å²) in [5, 5.41) is 65.4. The number of aromatic hydroxyl groups is 4. The van der Waals surface area contributed by atoms with Crippen molar-refractivity contribution in [3.8, 4) is 34.6 Å². The molecule has 0 aliphatic heterocycles. The monoisotopic (exact) mass is 854 g/mol. The van der Waals surface area contributed by atoms with Crippen LogP contribution >= 0.6 is 0 Å². The third-order valence-electron chi connectivity index (χ3n) is 7.98. The second-order valence-corrected chi connectivity index (χ2v) is 16.6. The summed E-state index contributed by atoms with van der Waals surface area (Å²) in [6.07, 6.45) is 0. The molecule has 0 saturated carbocycles. The first kappa shape index (κ1) is 43.8. The second kappa shape index (κ2) is 17.9. The summed E-state index contributed by atoms with van der Waals surface area (Å²) in [7, 11) is -1.76. The Morgan fingerprint density at radius 2 is 0.860 bits per heavy atom. The van der Waals surface area contributed by atoms with Gasteiger partial charge in [-0.15, -0.1) is 20.5 Å². The zero-order chi connectivity index (χ0) is 40.9. The molecule has 2 heterocycles. The number of hydrogen-bond donors (Lipinski definition) is 4. The molecule has 0 atom stereocenters. The summed E-state index contributed by atoms with van der Waals surface area (Å²) >= 11 is 0. The Balaban J connectivity index is 0.000000248. The van der Waals surface area contributed by atoms with Crippen molar-refractivity contribution in [2.75, 3.05) is 28.2 Å². The van der Waals surface area contributed by atoms with E-state index in [-0.39, 0.29) is 73.2 Å². The Kier molecular flexibility index (Phi) is 13.7. The predicted octanol–water partition coefficient (Wildman–Crippen LogP) is 6.51. The minimum absolute atomic E-state index is 0. The van der Waals surface area contributed by atoms with Crippen molar-refractivity contribution in [1.82, 2.24) is 28.2 Å². The van der Waals surface area contributed by atoms with Gasteiger partial charge in [-0.3, -0.25) is 0 Å². The Labute approximate surface area is 339 Å². The van der Waals surface area contributed by atoms with Gasteiger partial charge in [-0.2, -0.15) is 19.6 Å². The zero-order valence-electron chi connectivity index (χ0n) is 31.4. The van der Waals surface area contributed by atoms with E-state index in [0.717, 1.165) is 20.7 Å². The Hall–Kier alpha value is -5.95. The number of azo groups is 2. The summed E-state index contributed by atoms with van der Waals surface area (Å²) in [6.45, 7) is 3.33. The maximum atomic E-state index is 12.1. The predicted molar refractivity (Wildman–Crippen MR) is 206 cm³/mol. The largest absolute Gasteiger partial charge is 0.506 e. The minimum Gasteiger partial charge on any atom is -0.506 e. The molecule has 6 aromatic rings.